The number of carboxylic acid groups (broad SMARTS) is 1. The lowest BCUT2D eigenvalue weighted by atomic mass is 10.1. The molecule has 0 saturated carbocycles. The molecule has 25 heavy (non-hydrogen) atoms. The molecular weight excluding hydrogens is 342 g/mol. The predicted octanol–water partition coefficient (Wildman–Crippen LogP) is 3.22. The maximum atomic E-state index is 11.1. The first-order chi connectivity index (χ1) is 12.1. The average molecular weight is 353 g/mol. The Bertz CT molecular complexity index is 1000. The monoisotopic (exact) mass is 353 g/mol. The number of carboxylic acids is 1. The third kappa shape index (κ3) is 2.97. The van der Waals surface area contributed by atoms with Gasteiger partial charge in [0.25, 0.3) is 0 Å². The number of carbonyl (C=O) groups excluding carboxylic acids is 1. The summed E-state index contributed by atoms with van der Waals surface area (Å²) in [5.41, 5.74) is 2.73. The molecule has 1 N–H and O–H groups in total. The molecule has 0 bridgehead atoms. The van der Waals surface area contributed by atoms with Crippen molar-refractivity contribution in [1.29, 1.82) is 0 Å². The van der Waals surface area contributed by atoms with Crippen LogP contribution in [0.2, 0.25) is 0 Å². The lowest BCUT2D eigenvalue weighted by molar-refractivity contribution is -0.158. The van der Waals surface area contributed by atoms with Gasteiger partial charge >= 0.3 is 11.9 Å². The van der Waals surface area contributed by atoms with Crippen molar-refractivity contribution in [3.63, 3.8) is 0 Å². The first-order valence-electron chi connectivity index (χ1n) is 7.38. The molecule has 0 radical (unpaired) electrons. The largest absolute Gasteiger partial charge is 0.488 e. The molecule has 1 aliphatic rings. The second-order valence-electron chi connectivity index (χ2n) is 5.34. The van der Waals surface area contributed by atoms with E-state index in [1.807, 2.05) is 30.3 Å². The van der Waals surface area contributed by atoms with E-state index >= 15 is 0 Å². The molecule has 3 aromatic rings. The van der Waals surface area contributed by atoms with Crippen LogP contribution in [0.5, 0.6) is 11.5 Å². The van der Waals surface area contributed by atoms with E-state index in [0.29, 0.717) is 12.4 Å². The molecule has 0 amide bonds. The fraction of sp³-hybridized carbons (Fsp3) is 0.0556. The molecule has 0 spiro atoms. The van der Waals surface area contributed by atoms with Crippen molar-refractivity contribution in [2.75, 3.05) is 6.61 Å². The normalized spacial score (nSPS) is 12.9. The van der Waals surface area contributed by atoms with E-state index < -0.39 is 11.9 Å². The number of carbonyl (C=O) groups is 2. The first-order valence-corrected chi connectivity index (χ1v) is 8.20. The summed E-state index contributed by atoms with van der Waals surface area (Å²) in [4.78, 5) is 26.3. The van der Waals surface area contributed by atoms with Crippen molar-refractivity contribution in [1.82, 2.24) is 4.98 Å². The van der Waals surface area contributed by atoms with Gasteiger partial charge in [-0.05, 0) is 30.3 Å². The van der Waals surface area contributed by atoms with Crippen LogP contribution in [0.25, 0.3) is 21.9 Å². The van der Waals surface area contributed by atoms with E-state index in [-0.39, 0.29) is 5.75 Å². The number of para-hydroxylation sites is 1. The number of aliphatic carboxylic acids is 1. The second-order valence-corrected chi connectivity index (χ2v) is 6.37. The fourth-order valence-electron chi connectivity index (χ4n) is 2.49. The lowest BCUT2D eigenvalue weighted by Crippen LogP contribution is -2.19. The van der Waals surface area contributed by atoms with E-state index in [2.05, 4.69) is 4.98 Å². The molecule has 0 saturated heterocycles. The Labute approximate surface area is 146 Å². The summed E-state index contributed by atoms with van der Waals surface area (Å²) in [6.45, 7) is 0.336. The van der Waals surface area contributed by atoms with E-state index in [4.69, 9.17) is 14.6 Å². The molecular formula is C18H11NO5S. The Balaban J connectivity index is 1.64. The number of thiazole rings is 1. The number of esters is 1. The quantitative estimate of drug-likeness (QED) is 0.432. The Morgan fingerprint density at radius 1 is 1.20 bits per heavy atom. The van der Waals surface area contributed by atoms with Crippen molar-refractivity contribution < 1.29 is 24.2 Å². The van der Waals surface area contributed by atoms with Crippen LogP contribution in [0, 0.1) is 0 Å². The SMILES string of the molecule is O=C(O)C(=O)Oc1ccc2c(c1)OCC(c1nc3ccccc3s1)=C2. The van der Waals surface area contributed by atoms with Crippen LogP contribution in [0.4, 0.5) is 0 Å². The number of hydrogen-bond donors (Lipinski definition) is 1. The molecule has 2 heterocycles. The maximum absolute atomic E-state index is 11.1. The number of nitrogens with zero attached hydrogens (tertiary/aromatic N) is 1. The highest BCUT2D eigenvalue weighted by molar-refractivity contribution is 7.19. The van der Waals surface area contributed by atoms with Gasteiger partial charge in [0.05, 0.1) is 10.2 Å². The molecule has 7 heteroatoms. The van der Waals surface area contributed by atoms with Crippen molar-refractivity contribution in [2.24, 2.45) is 0 Å². The van der Waals surface area contributed by atoms with Crippen molar-refractivity contribution >= 4 is 45.1 Å². The summed E-state index contributed by atoms with van der Waals surface area (Å²) in [7, 11) is 0. The Kier molecular flexibility index (Phi) is 3.70. The van der Waals surface area contributed by atoms with Gasteiger partial charge in [-0.2, -0.15) is 0 Å². The molecule has 1 aromatic heterocycles. The van der Waals surface area contributed by atoms with Gasteiger partial charge < -0.3 is 14.6 Å². The predicted molar refractivity (Wildman–Crippen MR) is 92.7 cm³/mol. The van der Waals surface area contributed by atoms with Crippen LogP contribution in [0.1, 0.15) is 10.6 Å². The summed E-state index contributed by atoms with van der Waals surface area (Å²) >= 11 is 1.60. The van der Waals surface area contributed by atoms with Crippen LogP contribution in [0.3, 0.4) is 0 Å². The molecule has 0 aliphatic carbocycles. The van der Waals surface area contributed by atoms with Gasteiger partial charge in [0.1, 0.15) is 23.1 Å². The minimum Gasteiger partial charge on any atom is -0.488 e. The van der Waals surface area contributed by atoms with E-state index in [1.54, 1.807) is 17.4 Å². The zero-order valence-corrected chi connectivity index (χ0v) is 13.6. The van der Waals surface area contributed by atoms with Crippen LogP contribution in [-0.4, -0.2) is 28.6 Å². The highest BCUT2D eigenvalue weighted by Gasteiger charge is 2.19. The average Bonchev–Trinajstić information content (AvgIpc) is 3.05. The topological polar surface area (TPSA) is 85.7 Å². The zero-order chi connectivity index (χ0) is 17.4. The molecule has 0 fully saturated rings. The Morgan fingerprint density at radius 3 is 2.84 bits per heavy atom. The fourth-order valence-corrected chi connectivity index (χ4v) is 3.46. The van der Waals surface area contributed by atoms with E-state index in [1.165, 1.54) is 12.1 Å². The van der Waals surface area contributed by atoms with Crippen molar-refractivity contribution in [3.05, 3.63) is 53.0 Å². The summed E-state index contributed by atoms with van der Waals surface area (Å²) < 4.78 is 11.6. The third-order valence-corrected chi connectivity index (χ3v) is 4.76. The van der Waals surface area contributed by atoms with Gasteiger partial charge in [0.2, 0.25) is 0 Å². The van der Waals surface area contributed by atoms with Gasteiger partial charge in [0, 0.05) is 17.2 Å². The van der Waals surface area contributed by atoms with Gasteiger partial charge in [-0.25, -0.2) is 14.6 Å². The molecule has 4 rings (SSSR count). The molecule has 6 nitrogen and oxygen atoms in total. The molecule has 2 aromatic carbocycles. The summed E-state index contributed by atoms with van der Waals surface area (Å²) in [6.07, 6.45) is 1.97. The standard InChI is InChI=1S/C18H11NO5S/c20-17(21)18(22)24-12-6-5-10-7-11(9-23-14(10)8-12)16-19-13-3-1-2-4-15(13)25-16/h1-8H,9H2,(H,20,21). The van der Waals surface area contributed by atoms with Gasteiger partial charge in [-0.1, -0.05) is 12.1 Å². The molecule has 1 aliphatic heterocycles. The zero-order valence-electron chi connectivity index (χ0n) is 12.8. The highest BCUT2D eigenvalue weighted by Crippen LogP contribution is 2.35. The van der Waals surface area contributed by atoms with Crippen LogP contribution in [0.15, 0.2) is 42.5 Å². The number of ether oxygens (including phenoxy) is 2. The molecule has 0 unspecified atom stereocenters. The number of fused-ring (bicyclic) bond motifs is 2. The number of benzene rings is 2. The van der Waals surface area contributed by atoms with Gasteiger partial charge in [0.15, 0.2) is 0 Å². The smallest absolute Gasteiger partial charge is 0.422 e. The summed E-state index contributed by atoms with van der Waals surface area (Å²) in [6, 6.07) is 12.7. The number of hydrogen-bond acceptors (Lipinski definition) is 6. The second kappa shape index (κ2) is 6.03. The first kappa shape index (κ1) is 15.3. The van der Waals surface area contributed by atoms with Gasteiger partial charge in [-0.3, -0.25) is 0 Å². The van der Waals surface area contributed by atoms with Crippen molar-refractivity contribution in [3.8, 4) is 11.5 Å². The van der Waals surface area contributed by atoms with Gasteiger partial charge in [-0.15, -0.1) is 11.3 Å². The Morgan fingerprint density at radius 2 is 2.04 bits per heavy atom. The third-order valence-electron chi connectivity index (χ3n) is 3.65. The molecule has 0 atom stereocenters. The minimum absolute atomic E-state index is 0.128. The lowest BCUT2D eigenvalue weighted by Gasteiger charge is -2.17. The van der Waals surface area contributed by atoms with E-state index in [0.717, 1.165) is 26.4 Å². The highest BCUT2D eigenvalue weighted by atomic mass is 32.1. The minimum atomic E-state index is -1.64. The number of rotatable bonds is 2. The van der Waals surface area contributed by atoms with Crippen LogP contribution >= 0.6 is 11.3 Å². The maximum Gasteiger partial charge on any atom is 0.422 e. The molecule has 124 valence electrons. The van der Waals surface area contributed by atoms with E-state index in [9.17, 15) is 9.59 Å². The number of aromatic nitrogens is 1. The van der Waals surface area contributed by atoms with Crippen molar-refractivity contribution in [2.45, 2.75) is 0 Å². The Hall–Kier alpha value is -3.19. The van der Waals surface area contributed by atoms with Crippen LogP contribution < -0.4 is 9.47 Å². The summed E-state index contributed by atoms with van der Waals surface area (Å²) in [5, 5.41) is 9.48. The summed E-state index contributed by atoms with van der Waals surface area (Å²) in [5.74, 6) is -2.32. The van der Waals surface area contributed by atoms with Crippen LogP contribution in [-0.2, 0) is 9.59 Å².